The molecule has 1 aromatic heterocycles. The number of hydrogen-bond donors (Lipinski definition) is 0. The van der Waals surface area contributed by atoms with Gasteiger partial charge in [0, 0.05) is 23.0 Å². The van der Waals surface area contributed by atoms with Crippen molar-refractivity contribution in [3.05, 3.63) is 35.2 Å². The molecule has 0 spiro atoms. The molecule has 1 aliphatic carbocycles. The summed E-state index contributed by atoms with van der Waals surface area (Å²) >= 11 is 0. The van der Waals surface area contributed by atoms with Gasteiger partial charge in [-0.25, -0.2) is 4.98 Å². The number of azide groups is 1. The van der Waals surface area contributed by atoms with E-state index < -0.39 is 0 Å². The van der Waals surface area contributed by atoms with E-state index in [1.807, 2.05) is 16.8 Å². The van der Waals surface area contributed by atoms with Crippen molar-refractivity contribution in [2.24, 2.45) is 10.5 Å². The van der Waals surface area contributed by atoms with Crippen LogP contribution in [0, 0.1) is 5.41 Å². The van der Waals surface area contributed by atoms with Crippen LogP contribution in [-0.4, -0.2) is 15.6 Å². The van der Waals surface area contributed by atoms with Crippen molar-refractivity contribution >= 4 is 5.70 Å². The van der Waals surface area contributed by atoms with Crippen LogP contribution in [-0.2, 0) is 0 Å². The van der Waals surface area contributed by atoms with Crippen molar-refractivity contribution in [1.29, 1.82) is 0 Å². The van der Waals surface area contributed by atoms with E-state index in [2.05, 4.69) is 28.9 Å². The highest BCUT2D eigenvalue weighted by Gasteiger charge is 2.34. The van der Waals surface area contributed by atoms with Gasteiger partial charge in [0.2, 0.25) is 0 Å². The Morgan fingerprint density at radius 2 is 2.47 bits per heavy atom. The molecule has 0 aromatic carbocycles. The number of aromatic nitrogens is 2. The van der Waals surface area contributed by atoms with Crippen LogP contribution in [0.3, 0.4) is 0 Å². The van der Waals surface area contributed by atoms with Crippen LogP contribution in [0.25, 0.3) is 16.1 Å². The van der Waals surface area contributed by atoms with Gasteiger partial charge in [-0.05, 0) is 17.4 Å². The van der Waals surface area contributed by atoms with E-state index in [1.54, 1.807) is 12.5 Å². The standard InChI is InChI=1S/C10H13N5/c1-10(2)6-8(5-9(10)13-14-11)15-4-3-12-7-15/h3-5,7,9H,6H2,1-2H3. The van der Waals surface area contributed by atoms with Gasteiger partial charge in [-0.2, -0.15) is 0 Å². The molecule has 5 heteroatoms. The molecule has 1 aliphatic rings. The molecule has 15 heavy (non-hydrogen) atoms. The van der Waals surface area contributed by atoms with Crippen LogP contribution in [0.15, 0.2) is 29.9 Å². The molecule has 1 aromatic rings. The molecular formula is C10H13N5. The minimum absolute atomic E-state index is 0.00810. The molecule has 0 aliphatic heterocycles. The molecule has 0 saturated carbocycles. The summed E-state index contributed by atoms with van der Waals surface area (Å²) < 4.78 is 1.97. The van der Waals surface area contributed by atoms with Crippen molar-refractivity contribution in [2.75, 3.05) is 0 Å². The number of nitrogens with zero attached hydrogens (tertiary/aromatic N) is 5. The third kappa shape index (κ3) is 1.74. The maximum atomic E-state index is 8.49. The fraction of sp³-hybridized carbons (Fsp3) is 0.500. The average Bonchev–Trinajstić information content (AvgIpc) is 2.75. The smallest absolute Gasteiger partial charge is 0.0989 e. The van der Waals surface area contributed by atoms with Gasteiger partial charge in [0.05, 0.1) is 12.4 Å². The maximum Gasteiger partial charge on any atom is 0.0989 e. The molecule has 5 nitrogen and oxygen atoms in total. The first-order valence-corrected chi connectivity index (χ1v) is 4.87. The molecule has 2 rings (SSSR count). The Labute approximate surface area is 88.1 Å². The second kappa shape index (κ2) is 3.44. The Balaban J connectivity index is 2.31. The van der Waals surface area contributed by atoms with Crippen molar-refractivity contribution in [1.82, 2.24) is 9.55 Å². The number of allylic oxidation sites excluding steroid dienone is 1. The van der Waals surface area contributed by atoms with Crippen LogP contribution >= 0.6 is 0 Å². The highest BCUT2D eigenvalue weighted by atomic mass is 15.2. The summed E-state index contributed by atoms with van der Waals surface area (Å²) in [6.07, 6.45) is 8.32. The van der Waals surface area contributed by atoms with Crippen LogP contribution in [0.2, 0.25) is 0 Å². The molecule has 0 bridgehead atoms. The zero-order chi connectivity index (χ0) is 10.9. The first-order chi connectivity index (χ1) is 7.13. The number of hydrogen-bond acceptors (Lipinski definition) is 2. The minimum atomic E-state index is -0.0695. The second-order valence-electron chi connectivity index (χ2n) is 4.44. The van der Waals surface area contributed by atoms with E-state index in [0.717, 1.165) is 12.1 Å². The van der Waals surface area contributed by atoms with Crippen LogP contribution in [0.1, 0.15) is 20.3 Å². The van der Waals surface area contributed by atoms with Gasteiger partial charge in [0.25, 0.3) is 0 Å². The van der Waals surface area contributed by atoms with E-state index >= 15 is 0 Å². The summed E-state index contributed by atoms with van der Waals surface area (Å²) in [4.78, 5) is 6.89. The summed E-state index contributed by atoms with van der Waals surface area (Å²) in [7, 11) is 0. The van der Waals surface area contributed by atoms with Gasteiger partial charge < -0.3 is 4.57 Å². The Hall–Kier alpha value is -1.74. The van der Waals surface area contributed by atoms with E-state index in [-0.39, 0.29) is 11.5 Å². The highest BCUT2D eigenvalue weighted by molar-refractivity contribution is 5.52. The van der Waals surface area contributed by atoms with Gasteiger partial charge in [-0.15, -0.1) is 0 Å². The summed E-state index contributed by atoms with van der Waals surface area (Å²) in [5.74, 6) is 0. The summed E-state index contributed by atoms with van der Waals surface area (Å²) in [5.41, 5.74) is 9.63. The minimum Gasteiger partial charge on any atom is -0.310 e. The van der Waals surface area contributed by atoms with Gasteiger partial charge in [-0.1, -0.05) is 25.0 Å². The predicted molar refractivity (Wildman–Crippen MR) is 57.8 cm³/mol. The van der Waals surface area contributed by atoms with E-state index in [1.165, 1.54) is 0 Å². The molecule has 0 amide bonds. The van der Waals surface area contributed by atoms with Gasteiger partial charge >= 0.3 is 0 Å². The Bertz CT molecular complexity index is 423. The monoisotopic (exact) mass is 203 g/mol. The summed E-state index contributed by atoms with van der Waals surface area (Å²) in [6.45, 7) is 4.21. The molecule has 1 unspecified atom stereocenters. The zero-order valence-electron chi connectivity index (χ0n) is 8.83. The molecule has 1 atom stereocenters. The molecular weight excluding hydrogens is 190 g/mol. The number of rotatable bonds is 2. The van der Waals surface area contributed by atoms with Crippen molar-refractivity contribution in [2.45, 2.75) is 26.3 Å². The lowest BCUT2D eigenvalue weighted by molar-refractivity contribution is 0.351. The molecule has 0 N–H and O–H groups in total. The van der Waals surface area contributed by atoms with E-state index in [4.69, 9.17) is 5.53 Å². The summed E-state index contributed by atoms with van der Waals surface area (Å²) in [5, 5.41) is 3.81. The Morgan fingerprint density at radius 1 is 1.67 bits per heavy atom. The van der Waals surface area contributed by atoms with Crippen molar-refractivity contribution in [3.8, 4) is 0 Å². The third-order valence-electron chi connectivity index (χ3n) is 2.80. The molecule has 1 heterocycles. The van der Waals surface area contributed by atoms with Gasteiger partial charge in [0.1, 0.15) is 0 Å². The van der Waals surface area contributed by atoms with E-state index in [9.17, 15) is 0 Å². The lowest BCUT2D eigenvalue weighted by Crippen LogP contribution is -2.20. The molecule has 0 saturated heterocycles. The molecule has 0 radical (unpaired) electrons. The first kappa shape index (κ1) is 9.80. The fourth-order valence-electron chi connectivity index (χ4n) is 1.89. The second-order valence-corrected chi connectivity index (χ2v) is 4.44. The largest absolute Gasteiger partial charge is 0.310 e. The SMILES string of the molecule is CC1(C)CC(n2ccnc2)=CC1N=[N+]=[N-]. The van der Waals surface area contributed by atoms with Crippen molar-refractivity contribution in [3.63, 3.8) is 0 Å². The topological polar surface area (TPSA) is 66.6 Å². The van der Waals surface area contributed by atoms with Gasteiger partial charge in [0.15, 0.2) is 0 Å². The zero-order valence-corrected chi connectivity index (χ0v) is 8.83. The van der Waals surface area contributed by atoms with Gasteiger partial charge in [-0.3, -0.25) is 0 Å². The first-order valence-electron chi connectivity index (χ1n) is 4.87. The number of imidazole rings is 1. The molecule has 0 fully saturated rings. The van der Waals surface area contributed by atoms with Crippen LogP contribution < -0.4 is 0 Å². The Kier molecular flexibility index (Phi) is 2.25. The predicted octanol–water partition coefficient (Wildman–Crippen LogP) is 2.83. The fourth-order valence-corrected chi connectivity index (χ4v) is 1.89. The highest BCUT2D eigenvalue weighted by Crippen LogP contribution is 2.40. The normalized spacial score (nSPS) is 23.3. The Morgan fingerprint density at radius 3 is 3.07 bits per heavy atom. The maximum absolute atomic E-state index is 8.49. The van der Waals surface area contributed by atoms with Crippen LogP contribution in [0.5, 0.6) is 0 Å². The lowest BCUT2D eigenvalue weighted by Gasteiger charge is -2.22. The van der Waals surface area contributed by atoms with Crippen LogP contribution in [0.4, 0.5) is 0 Å². The average molecular weight is 203 g/mol. The quantitative estimate of drug-likeness (QED) is 0.414. The lowest BCUT2D eigenvalue weighted by atomic mass is 9.87. The molecule has 78 valence electrons. The van der Waals surface area contributed by atoms with E-state index in [0.29, 0.717) is 0 Å². The van der Waals surface area contributed by atoms with Crippen molar-refractivity contribution < 1.29 is 0 Å². The summed E-state index contributed by atoms with van der Waals surface area (Å²) in [6, 6.07) is -0.0695. The third-order valence-corrected chi connectivity index (χ3v) is 2.80.